The smallest absolute Gasteiger partial charge is 0.337 e. The van der Waals surface area contributed by atoms with Gasteiger partial charge in [-0.05, 0) is 43.3 Å². The van der Waals surface area contributed by atoms with E-state index >= 15 is 0 Å². The van der Waals surface area contributed by atoms with Crippen molar-refractivity contribution >= 4 is 57.1 Å². The average Bonchev–Trinajstić information content (AvgIpc) is 3.15. The molecule has 0 aliphatic rings. The van der Waals surface area contributed by atoms with Crippen LogP contribution in [0, 0.1) is 0 Å². The number of aromatic amines is 1. The first-order chi connectivity index (χ1) is 16.2. The number of H-pyrrole nitrogens is 1. The molecule has 4 aromatic rings. The zero-order chi connectivity index (χ0) is 25.0. The number of carboxylic acids is 1. The number of esters is 1. The number of hydrogen-bond acceptors (Lipinski definition) is 6. The molecule has 0 fully saturated rings. The topological polar surface area (TPSA) is 140 Å². The Bertz CT molecular complexity index is 1440. The van der Waals surface area contributed by atoms with Crippen LogP contribution >= 0.6 is 23.2 Å². The minimum Gasteiger partial charge on any atom is -0.481 e. The van der Waals surface area contributed by atoms with Crippen LogP contribution in [0.5, 0.6) is 0 Å². The molecular formula is C23H22Cl2N4O5. The Kier molecular flexibility index (Phi) is 7.93. The maximum atomic E-state index is 12.9. The van der Waals surface area contributed by atoms with Gasteiger partial charge in [-0.1, -0.05) is 23.2 Å². The Balaban J connectivity index is 0.000000751. The molecule has 0 unspecified atom stereocenters. The van der Waals surface area contributed by atoms with Gasteiger partial charge < -0.3 is 25.1 Å². The lowest BCUT2D eigenvalue weighted by Crippen LogP contribution is -2.11. The lowest BCUT2D eigenvalue weighted by Gasteiger charge is -2.05. The van der Waals surface area contributed by atoms with Crippen molar-refractivity contribution in [3.8, 4) is 11.3 Å². The summed E-state index contributed by atoms with van der Waals surface area (Å²) in [5, 5.41) is 8.80. The highest BCUT2D eigenvalue weighted by molar-refractivity contribution is 6.42. The molecule has 0 radical (unpaired) electrons. The number of aliphatic carboxylic acids is 1. The average molecular weight is 505 g/mol. The van der Waals surface area contributed by atoms with Crippen LogP contribution in [0.15, 0.2) is 41.3 Å². The molecule has 0 bridgehead atoms. The van der Waals surface area contributed by atoms with Gasteiger partial charge in [0.1, 0.15) is 5.69 Å². The molecule has 0 amide bonds. The van der Waals surface area contributed by atoms with Gasteiger partial charge in [-0.3, -0.25) is 9.59 Å². The van der Waals surface area contributed by atoms with Crippen LogP contribution in [0.4, 0.5) is 0 Å². The van der Waals surface area contributed by atoms with Crippen molar-refractivity contribution in [2.45, 2.75) is 19.9 Å². The van der Waals surface area contributed by atoms with E-state index in [4.69, 9.17) is 43.6 Å². The fourth-order valence-electron chi connectivity index (χ4n) is 3.44. The Labute approximate surface area is 204 Å². The van der Waals surface area contributed by atoms with E-state index in [-0.39, 0.29) is 11.3 Å². The maximum Gasteiger partial charge on any atom is 0.337 e. The van der Waals surface area contributed by atoms with Crippen LogP contribution in [0.3, 0.4) is 0 Å². The first-order valence-corrected chi connectivity index (χ1v) is 10.9. The molecule has 2 heterocycles. The summed E-state index contributed by atoms with van der Waals surface area (Å²) < 4.78 is 6.83. The lowest BCUT2D eigenvalue weighted by atomic mass is 10.1. The van der Waals surface area contributed by atoms with Crippen molar-refractivity contribution in [3.05, 3.63) is 62.5 Å². The summed E-state index contributed by atoms with van der Waals surface area (Å²) in [7, 11) is 1.32. The quantitative estimate of drug-likeness (QED) is 0.347. The summed E-state index contributed by atoms with van der Waals surface area (Å²) in [5.41, 5.74) is 8.35. The number of fused-ring (bicyclic) bond motifs is 2. The van der Waals surface area contributed by atoms with Crippen molar-refractivity contribution < 1.29 is 19.4 Å². The van der Waals surface area contributed by atoms with E-state index in [9.17, 15) is 9.59 Å². The number of nitrogens with two attached hydrogens (primary N) is 1. The molecule has 4 N–H and O–H groups in total. The van der Waals surface area contributed by atoms with Crippen LogP contribution in [0.1, 0.15) is 23.7 Å². The van der Waals surface area contributed by atoms with Gasteiger partial charge in [0.2, 0.25) is 0 Å². The number of methoxy groups -OCH3 is 1. The van der Waals surface area contributed by atoms with E-state index in [1.54, 1.807) is 24.3 Å². The fourth-order valence-corrected chi connectivity index (χ4v) is 3.76. The Morgan fingerprint density at radius 2 is 1.88 bits per heavy atom. The predicted molar refractivity (Wildman–Crippen MR) is 132 cm³/mol. The number of carbonyl (C=O) groups excluding carboxylic acids is 1. The summed E-state index contributed by atoms with van der Waals surface area (Å²) in [6, 6.07) is 8.39. The van der Waals surface area contributed by atoms with Gasteiger partial charge >= 0.3 is 5.97 Å². The largest absolute Gasteiger partial charge is 0.481 e. The van der Waals surface area contributed by atoms with Crippen molar-refractivity contribution in [3.63, 3.8) is 0 Å². The molecule has 0 aliphatic heterocycles. The molecule has 2 aromatic heterocycles. The van der Waals surface area contributed by atoms with Crippen LogP contribution in [0.25, 0.3) is 33.2 Å². The summed E-state index contributed by atoms with van der Waals surface area (Å²) >= 11 is 12.2. The molecule has 4 rings (SSSR count). The summed E-state index contributed by atoms with van der Waals surface area (Å²) in [6.07, 6.45) is 2.61. The Morgan fingerprint density at radius 1 is 1.21 bits per heavy atom. The van der Waals surface area contributed by atoms with Gasteiger partial charge in [-0.25, -0.2) is 9.78 Å². The van der Waals surface area contributed by atoms with Crippen molar-refractivity contribution in [2.24, 2.45) is 5.73 Å². The number of nitrogens with zero attached hydrogens (tertiary/aromatic N) is 2. The third kappa shape index (κ3) is 5.39. The molecule has 11 heteroatoms. The van der Waals surface area contributed by atoms with Gasteiger partial charge in [0, 0.05) is 36.1 Å². The number of nitrogens with one attached hydrogen (secondary N) is 1. The highest BCUT2D eigenvalue weighted by Crippen LogP contribution is 2.31. The second-order valence-corrected chi connectivity index (χ2v) is 8.13. The van der Waals surface area contributed by atoms with Crippen molar-refractivity contribution in [2.75, 3.05) is 13.7 Å². The van der Waals surface area contributed by atoms with E-state index in [1.807, 2.05) is 16.8 Å². The molecule has 34 heavy (non-hydrogen) atoms. The van der Waals surface area contributed by atoms with E-state index in [1.165, 1.54) is 7.11 Å². The predicted octanol–water partition coefficient (Wildman–Crippen LogP) is 4.08. The monoisotopic (exact) mass is 504 g/mol. The number of benzene rings is 2. The van der Waals surface area contributed by atoms with Gasteiger partial charge in [-0.2, -0.15) is 0 Å². The number of carbonyl (C=O) groups is 2. The normalized spacial score (nSPS) is 10.7. The lowest BCUT2D eigenvalue weighted by molar-refractivity contribution is -0.134. The number of hydrogen-bond donors (Lipinski definition) is 3. The Morgan fingerprint density at radius 3 is 2.53 bits per heavy atom. The zero-order valence-corrected chi connectivity index (χ0v) is 19.9. The van der Waals surface area contributed by atoms with E-state index in [2.05, 4.69) is 9.97 Å². The van der Waals surface area contributed by atoms with E-state index in [0.717, 1.165) is 18.9 Å². The molecule has 0 atom stereocenters. The molecule has 0 spiro atoms. The molecular weight excluding hydrogens is 483 g/mol. The molecule has 0 saturated heterocycles. The van der Waals surface area contributed by atoms with Crippen LogP contribution in [-0.4, -0.2) is 45.2 Å². The van der Waals surface area contributed by atoms with E-state index in [0.29, 0.717) is 50.7 Å². The Hall–Kier alpha value is -3.40. The summed E-state index contributed by atoms with van der Waals surface area (Å²) in [6.45, 7) is 2.28. The van der Waals surface area contributed by atoms with Gasteiger partial charge in [0.15, 0.2) is 0 Å². The van der Waals surface area contributed by atoms with Gasteiger partial charge in [0.25, 0.3) is 11.5 Å². The molecule has 0 saturated carbocycles. The number of halogens is 2. The molecule has 178 valence electrons. The van der Waals surface area contributed by atoms with Gasteiger partial charge in [-0.15, -0.1) is 0 Å². The number of carboxylic acid groups (broad SMARTS) is 1. The number of aryl methyl sites for hydroxylation is 1. The molecule has 0 aliphatic carbocycles. The SMILES string of the molecule is CC(=O)O.COC(=O)c1ccc2c(c1)c(-c1nc3cc(Cl)c(Cl)cc3[nH]c1=O)cn2CCCN. The van der Waals surface area contributed by atoms with Crippen molar-refractivity contribution in [1.29, 1.82) is 0 Å². The number of ether oxygens (including phenoxy) is 1. The highest BCUT2D eigenvalue weighted by Gasteiger charge is 2.18. The zero-order valence-electron chi connectivity index (χ0n) is 18.4. The number of rotatable bonds is 5. The maximum absolute atomic E-state index is 12.9. The minimum absolute atomic E-state index is 0.222. The fraction of sp³-hybridized carbons (Fsp3) is 0.217. The van der Waals surface area contributed by atoms with E-state index < -0.39 is 11.9 Å². The van der Waals surface area contributed by atoms with Gasteiger partial charge in [0.05, 0.1) is 33.8 Å². The summed E-state index contributed by atoms with van der Waals surface area (Å²) in [4.78, 5) is 41.2. The standard InChI is InChI=1S/C21H18Cl2N4O3.C2H4O2/c1-30-21(29)11-3-4-18-12(7-11)13(10-27(18)6-2-5-24)19-20(28)26-17-9-15(23)14(22)8-16(17)25-19;1-2(3)4/h3-4,7-10H,2,5-6,24H2,1H3,(H,26,28);1H3,(H,3,4). The first kappa shape index (κ1) is 25.2. The minimum atomic E-state index is -0.833. The number of aromatic nitrogens is 3. The highest BCUT2D eigenvalue weighted by atomic mass is 35.5. The van der Waals surface area contributed by atoms with Crippen LogP contribution < -0.4 is 11.3 Å². The third-order valence-electron chi connectivity index (χ3n) is 4.89. The molecule has 9 nitrogen and oxygen atoms in total. The molecule has 2 aromatic carbocycles. The first-order valence-electron chi connectivity index (χ1n) is 10.2. The second kappa shape index (κ2) is 10.7. The van der Waals surface area contributed by atoms with Crippen molar-refractivity contribution in [1.82, 2.24) is 14.5 Å². The third-order valence-corrected chi connectivity index (χ3v) is 5.62. The van der Waals surface area contributed by atoms with Crippen LogP contribution in [-0.2, 0) is 16.1 Å². The van der Waals surface area contributed by atoms with Crippen LogP contribution in [0.2, 0.25) is 10.0 Å². The second-order valence-electron chi connectivity index (χ2n) is 7.32. The summed E-state index contributed by atoms with van der Waals surface area (Å²) in [5.74, 6) is -1.29.